The number of fused-ring (bicyclic) bond motifs is 2. The van der Waals surface area contributed by atoms with Crippen molar-refractivity contribution in [2.24, 2.45) is 0 Å². The van der Waals surface area contributed by atoms with Gasteiger partial charge in [-0.1, -0.05) is 36.4 Å². The molecule has 9 heteroatoms. The second-order valence-corrected chi connectivity index (χ2v) is 9.70. The van der Waals surface area contributed by atoms with E-state index in [4.69, 9.17) is 14.7 Å². The van der Waals surface area contributed by atoms with Gasteiger partial charge in [0.1, 0.15) is 5.82 Å². The van der Waals surface area contributed by atoms with Crippen molar-refractivity contribution in [3.05, 3.63) is 86.6 Å². The molecule has 3 aromatic rings. The Morgan fingerprint density at radius 3 is 2.56 bits per heavy atom. The molecule has 2 aromatic carbocycles. The lowest BCUT2D eigenvalue weighted by Gasteiger charge is -2.36. The summed E-state index contributed by atoms with van der Waals surface area (Å²) in [5, 5.41) is 11.2. The molecule has 9 nitrogen and oxygen atoms in total. The SMILES string of the molecule is O=[N+]([O-])c1cccc(CN2CCc3nc(N4CCc5ccccc5C4)nc(N4CCOCC4)c3C2)c1. The van der Waals surface area contributed by atoms with Crippen LogP contribution < -0.4 is 9.80 Å². The van der Waals surface area contributed by atoms with Crippen LogP contribution in [0, 0.1) is 10.1 Å². The fraction of sp³-hybridized carbons (Fsp3) is 0.407. The van der Waals surface area contributed by atoms with Crippen LogP contribution in [0.25, 0.3) is 0 Å². The molecule has 0 saturated carbocycles. The van der Waals surface area contributed by atoms with Crippen LogP contribution in [0.5, 0.6) is 0 Å². The molecule has 6 rings (SSSR count). The van der Waals surface area contributed by atoms with Gasteiger partial charge in [0.2, 0.25) is 5.95 Å². The number of hydrogen-bond donors (Lipinski definition) is 0. The van der Waals surface area contributed by atoms with E-state index in [-0.39, 0.29) is 10.6 Å². The lowest BCUT2D eigenvalue weighted by Crippen LogP contribution is -2.40. The predicted octanol–water partition coefficient (Wildman–Crippen LogP) is 3.34. The van der Waals surface area contributed by atoms with Crippen LogP contribution in [0.1, 0.15) is 27.9 Å². The standard InChI is InChI=1S/C27H30N6O3/c34-33(35)23-7-3-4-20(16-23)17-30-10-9-25-24(19-30)26(31-12-14-36-15-13-31)29-27(28-25)32-11-8-21-5-1-2-6-22(21)18-32/h1-7,16H,8-15,17-19H2. The molecule has 0 aliphatic carbocycles. The first-order valence-electron chi connectivity index (χ1n) is 12.6. The van der Waals surface area contributed by atoms with Crippen LogP contribution in [0.15, 0.2) is 48.5 Å². The fourth-order valence-electron chi connectivity index (χ4n) is 5.45. The monoisotopic (exact) mass is 486 g/mol. The fourth-order valence-corrected chi connectivity index (χ4v) is 5.45. The Kier molecular flexibility index (Phi) is 6.25. The quantitative estimate of drug-likeness (QED) is 0.401. The molecule has 0 amide bonds. The molecule has 0 unspecified atom stereocenters. The average Bonchev–Trinajstić information content (AvgIpc) is 2.93. The molecule has 3 aliphatic heterocycles. The highest BCUT2D eigenvalue weighted by atomic mass is 16.6. The van der Waals surface area contributed by atoms with Gasteiger partial charge in [-0.25, -0.2) is 4.98 Å². The van der Waals surface area contributed by atoms with Gasteiger partial charge in [-0.15, -0.1) is 0 Å². The minimum atomic E-state index is -0.333. The predicted molar refractivity (Wildman–Crippen MR) is 137 cm³/mol. The van der Waals surface area contributed by atoms with Crippen LogP contribution >= 0.6 is 0 Å². The molecule has 0 spiro atoms. The maximum Gasteiger partial charge on any atom is 0.269 e. The lowest BCUT2D eigenvalue weighted by atomic mass is 10.00. The van der Waals surface area contributed by atoms with Crippen molar-refractivity contribution >= 4 is 17.5 Å². The van der Waals surface area contributed by atoms with Crippen LogP contribution in [0.4, 0.5) is 17.5 Å². The molecule has 36 heavy (non-hydrogen) atoms. The zero-order chi connectivity index (χ0) is 24.5. The molecule has 4 heterocycles. The number of nitrogens with zero attached hydrogens (tertiary/aromatic N) is 6. The van der Waals surface area contributed by atoms with Gasteiger partial charge in [0.15, 0.2) is 0 Å². The Morgan fingerprint density at radius 1 is 0.889 bits per heavy atom. The van der Waals surface area contributed by atoms with E-state index >= 15 is 0 Å². The lowest BCUT2D eigenvalue weighted by molar-refractivity contribution is -0.384. The summed E-state index contributed by atoms with van der Waals surface area (Å²) in [7, 11) is 0. The number of rotatable bonds is 5. The minimum Gasteiger partial charge on any atom is -0.378 e. The third-order valence-corrected chi connectivity index (χ3v) is 7.36. The van der Waals surface area contributed by atoms with Crippen molar-refractivity contribution in [1.82, 2.24) is 14.9 Å². The Labute approximate surface area is 210 Å². The molecule has 186 valence electrons. The Morgan fingerprint density at radius 2 is 1.72 bits per heavy atom. The first-order chi connectivity index (χ1) is 17.6. The Balaban J connectivity index is 1.29. The molecular formula is C27H30N6O3. The Hall–Kier alpha value is -3.56. The minimum absolute atomic E-state index is 0.134. The third-order valence-electron chi connectivity index (χ3n) is 7.36. The first kappa shape index (κ1) is 22.9. The van der Waals surface area contributed by atoms with Gasteiger partial charge in [0.25, 0.3) is 5.69 Å². The zero-order valence-electron chi connectivity index (χ0n) is 20.3. The summed E-state index contributed by atoms with van der Waals surface area (Å²) in [5.74, 6) is 1.83. The molecule has 1 saturated heterocycles. The van der Waals surface area contributed by atoms with E-state index in [0.717, 1.165) is 75.1 Å². The van der Waals surface area contributed by atoms with Gasteiger partial charge in [0.05, 0.1) is 23.8 Å². The summed E-state index contributed by atoms with van der Waals surface area (Å²) < 4.78 is 5.62. The van der Waals surface area contributed by atoms with Gasteiger partial charge in [0, 0.05) is 69.9 Å². The van der Waals surface area contributed by atoms with Gasteiger partial charge < -0.3 is 14.5 Å². The molecular weight excluding hydrogens is 456 g/mol. The molecule has 0 bridgehead atoms. The highest BCUT2D eigenvalue weighted by molar-refractivity contribution is 5.55. The summed E-state index contributed by atoms with van der Waals surface area (Å²) >= 11 is 0. The van der Waals surface area contributed by atoms with Crippen molar-refractivity contribution in [3.63, 3.8) is 0 Å². The van der Waals surface area contributed by atoms with Gasteiger partial charge >= 0.3 is 0 Å². The summed E-state index contributed by atoms with van der Waals surface area (Å²) in [6.07, 6.45) is 1.84. The second-order valence-electron chi connectivity index (χ2n) is 9.70. The van der Waals surface area contributed by atoms with Crippen molar-refractivity contribution < 1.29 is 9.66 Å². The maximum atomic E-state index is 11.2. The highest BCUT2D eigenvalue weighted by Gasteiger charge is 2.28. The van der Waals surface area contributed by atoms with Crippen LogP contribution in [-0.2, 0) is 37.2 Å². The number of nitro benzene ring substituents is 1. The van der Waals surface area contributed by atoms with E-state index < -0.39 is 0 Å². The maximum absolute atomic E-state index is 11.2. The number of non-ortho nitro benzene ring substituents is 1. The van der Waals surface area contributed by atoms with E-state index in [1.165, 1.54) is 16.7 Å². The van der Waals surface area contributed by atoms with Crippen LogP contribution in [0.3, 0.4) is 0 Å². The molecule has 0 atom stereocenters. The van der Waals surface area contributed by atoms with E-state index in [1.54, 1.807) is 18.2 Å². The summed E-state index contributed by atoms with van der Waals surface area (Å²) in [4.78, 5) is 28.1. The average molecular weight is 487 g/mol. The van der Waals surface area contributed by atoms with Crippen molar-refractivity contribution in [3.8, 4) is 0 Å². The normalized spacial score (nSPS) is 18.0. The summed E-state index contributed by atoms with van der Waals surface area (Å²) in [5.41, 5.74) is 6.14. The van der Waals surface area contributed by atoms with Gasteiger partial charge in [-0.2, -0.15) is 4.98 Å². The van der Waals surface area contributed by atoms with Crippen LogP contribution in [0.2, 0.25) is 0 Å². The van der Waals surface area contributed by atoms with E-state index in [1.807, 2.05) is 6.07 Å². The smallest absolute Gasteiger partial charge is 0.269 e. The highest BCUT2D eigenvalue weighted by Crippen LogP contribution is 2.32. The number of anilines is 2. The number of benzene rings is 2. The number of hydrogen-bond acceptors (Lipinski definition) is 8. The number of ether oxygens (including phenoxy) is 1. The molecule has 0 radical (unpaired) electrons. The van der Waals surface area contributed by atoms with E-state index in [9.17, 15) is 10.1 Å². The summed E-state index contributed by atoms with van der Waals surface area (Å²) in [6, 6.07) is 15.6. The summed E-state index contributed by atoms with van der Waals surface area (Å²) in [6.45, 7) is 7.02. The second kappa shape index (κ2) is 9.83. The number of morpholine rings is 1. The van der Waals surface area contributed by atoms with E-state index in [0.29, 0.717) is 19.8 Å². The molecule has 3 aliphatic rings. The zero-order valence-corrected chi connectivity index (χ0v) is 20.3. The molecule has 1 aromatic heterocycles. The molecule has 1 fully saturated rings. The van der Waals surface area contributed by atoms with Gasteiger partial charge in [-0.3, -0.25) is 15.0 Å². The topological polar surface area (TPSA) is 87.9 Å². The van der Waals surface area contributed by atoms with Crippen LogP contribution in [-0.4, -0.2) is 59.2 Å². The third kappa shape index (κ3) is 4.64. The van der Waals surface area contributed by atoms with E-state index in [2.05, 4.69) is 39.0 Å². The largest absolute Gasteiger partial charge is 0.378 e. The van der Waals surface area contributed by atoms with Crippen molar-refractivity contribution in [1.29, 1.82) is 0 Å². The van der Waals surface area contributed by atoms with Crippen molar-refractivity contribution in [2.45, 2.75) is 32.5 Å². The number of nitro groups is 1. The number of aromatic nitrogens is 2. The first-order valence-corrected chi connectivity index (χ1v) is 12.6. The van der Waals surface area contributed by atoms with Gasteiger partial charge in [-0.05, 0) is 23.1 Å². The molecule has 0 N–H and O–H groups in total. The van der Waals surface area contributed by atoms with Crippen molar-refractivity contribution in [2.75, 3.05) is 49.2 Å². The Bertz CT molecular complexity index is 1280.